The first-order chi connectivity index (χ1) is 5.29. The first-order valence-electron chi connectivity index (χ1n) is 4.13. The number of imide groups is 1. The third-order valence-corrected chi connectivity index (χ3v) is 2.27. The fourth-order valence-corrected chi connectivity index (χ4v) is 1.43. The van der Waals surface area contributed by atoms with Crippen LogP contribution in [-0.4, -0.2) is 23.3 Å². The van der Waals surface area contributed by atoms with E-state index in [0.717, 1.165) is 19.3 Å². The van der Waals surface area contributed by atoms with Gasteiger partial charge in [0.15, 0.2) is 0 Å². The molecule has 0 spiro atoms. The van der Waals surface area contributed by atoms with Crippen molar-refractivity contribution in [1.82, 2.24) is 4.90 Å². The number of nitrogens with zero attached hydrogens (tertiary/aromatic N) is 1. The summed E-state index contributed by atoms with van der Waals surface area (Å²) in [4.78, 5) is 23.8. The molecule has 0 N–H and O–H groups in total. The Morgan fingerprint density at radius 1 is 1.45 bits per heavy atom. The zero-order valence-electron chi connectivity index (χ0n) is 6.38. The number of rotatable bonds is 1. The molecular formula is C8H11NO2. The number of likely N-dealkylation sites (tertiary alicyclic amines) is 1. The smallest absolute Gasteiger partial charge is 0.232 e. The lowest BCUT2D eigenvalue weighted by molar-refractivity contribution is -0.142. The van der Waals surface area contributed by atoms with Crippen molar-refractivity contribution in [2.45, 2.75) is 25.7 Å². The maximum absolute atomic E-state index is 11.3. The molecule has 0 aromatic carbocycles. The van der Waals surface area contributed by atoms with Gasteiger partial charge in [-0.15, -0.1) is 0 Å². The van der Waals surface area contributed by atoms with Gasteiger partial charge < -0.3 is 0 Å². The summed E-state index contributed by atoms with van der Waals surface area (Å²) in [6.45, 7) is 0.661. The Hall–Kier alpha value is -0.860. The Morgan fingerprint density at radius 2 is 2.18 bits per heavy atom. The molecule has 3 nitrogen and oxygen atoms in total. The van der Waals surface area contributed by atoms with Crippen molar-refractivity contribution in [2.24, 2.45) is 5.92 Å². The Bertz CT molecular complexity index is 208. The van der Waals surface area contributed by atoms with Crippen molar-refractivity contribution in [2.75, 3.05) is 6.54 Å². The van der Waals surface area contributed by atoms with Crippen LogP contribution in [0.2, 0.25) is 0 Å². The highest BCUT2D eigenvalue weighted by atomic mass is 16.2. The van der Waals surface area contributed by atoms with E-state index in [1.54, 1.807) is 0 Å². The van der Waals surface area contributed by atoms with E-state index in [4.69, 9.17) is 0 Å². The number of carbonyl (C=O) groups is 2. The zero-order chi connectivity index (χ0) is 7.84. The standard InChI is InChI=1S/C8H11NO2/c10-7-2-1-5-9(7)8(11)6-3-4-6/h6H,1-5H2. The molecule has 2 fully saturated rings. The molecule has 0 aromatic rings. The van der Waals surface area contributed by atoms with Crippen LogP contribution in [0.4, 0.5) is 0 Å². The number of hydrogen-bond acceptors (Lipinski definition) is 2. The van der Waals surface area contributed by atoms with Gasteiger partial charge in [0.05, 0.1) is 0 Å². The maximum atomic E-state index is 11.3. The molecular weight excluding hydrogens is 142 g/mol. The first kappa shape index (κ1) is 6.83. The van der Waals surface area contributed by atoms with Gasteiger partial charge in [-0.25, -0.2) is 0 Å². The number of hydrogen-bond donors (Lipinski definition) is 0. The quantitative estimate of drug-likeness (QED) is 0.516. The molecule has 0 radical (unpaired) electrons. The largest absolute Gasteiger partial charge is 0.282 e. The van der Waals surface area contributed by atoms with Crippen molar-refractivity contribution in [3.05, 3.63) is 0 Å². The van der Waals surface area contributed by atoms with Crippen molar-refractivity contribution < 1.29 is 9.59 Å². The molecule has 0 unspecified atom stereocenters. The summed E-state index contributed by atoms with van der Waals surface area (Å²) < 4.78 is 0. The summed E-state index contributed by atoms with van der Waals surface area (Å²) in [6.07, 6.45) is 3.40. The van der Waals surface area contributed by atoms with E-state index in [-0.39, 0.29) is 17.7 Å². The van der Waals surface area contributed by atoms with Crippen LogP contribution in [0, 0.1) is 5.92 Å². The van der Waals surface area contributed by atoms with Gasteiger partial charge in [-0.3, -0.25) is 14.5 Å². The van der Waals surface area contributed by atoms with E-state index in [9.17, 15) is 9.59 Å². The highest BCUT2D eigenvalue weighted by molar-refractivity contribution is 5.98. The monoisotopic (exact) mass is 153 g/mol. The summed E-state index contributed by atoms with van der Waals surface area (Å²) in [5.41, 5.74) is 0. The van der Waals surface area contributed by atoms with Gasteiger partial charge in [0.25, 0.3) is 0 Å². The highest BCUT2D eigenvalue weighted by Gasteiger charge is 2.37. The summed E-state index contributed by atoms with van der Waals surface area (Å²) >= 11 is 0. The lowest BCUT2D eigenvalue weighted by atomic mass is 10.3. The molecule has 1 aliphatic carbocycles. The topological polar surface area (TPSA) is 37.4 Å². The van der Waals surface area contributed by atoms with Crippen molar-refractivity contribution in [3.63, 3.8) is 0 Å². The Balaban J connectivity index is 2.02. The van der Waals surface area contributed by atoms with E-state index in [0.29, 0.717) is 13.0 Å². The molecule has 1 heterocycles. The van der Waals surface area contributed by atoms with Gasteiger partial charge in [-0.2, -0.15) is 0 Å². The molecule has 11 heavy (non-hydrogen) atoms. The van der Waals surface area contributed by atoms with Crippen LogP contribution < -0.4 is 0 Å². The first-order valence-corrected chi connectivity index (χ1v) is 4.13. The van der Waals surface area contributed by atoms with Crippen LogP contribution in [0.15, 0.2) is 0 Å². The van der Waals surface area contributed by atoms with Gasteiger partial charge in [0.1, 0.15) is 0 Å². The van der Waals surface area contributed by atoms with E-state index >= 15 is 0 Å². The zero-order valence-corrected chi connectivity index (χ0v) is 6.38. The summed E-state index contributed by atoms with van der Waals surface area (Å²) in [6, 6.07) is 0. The molecule has 2 aliphatic rings. The van der Waals surface area contributed by atoms with Gasteiger partial charge in [-0.1, -0.05) is 0 Å². The third kappa shape index (κ3) is 1.15. The minimum atomic E-state index is 0.0295. The maximum Gasteiger partial charge on any atom is 0.232 e. The van der Waals surface area contributed by atoms with Crippen LogP contribution in [0.1, 0.15) is 25.7 Å². The number of carbonyl (C=O) groups excluding carboxylic acids is 2. The highest BCUT2D eigenvalue weighted by Crippen LogP contribution is 2.32. The summed E-state index contributed by atoms with van der Waals surface area (Å²) in [7, 11) is 0. The van der Waals surface area contributed by atoms with E-state index < -0.39 is 0 Å². The van der Waals surface area contributed by atoms with Crippen molar-refractivity contribution in [1.29, 1.82) is 0 Å². The average Bonchev–Trinajstić information content (AvgIpc) is 2.74. The van der Waals surface area contributed by atoms with Crippen molar-refractivity contribution >= 4 is 11.8 Å². The average molecular weight is 153 g/mol. The Kier molecular flexibility index (Phi) is 1.44. The lowest BCUT2D eigenvalue weighted by Gasteiger charge is -2.11. The van der Waals surface area contributed by atoms with E-state index in [1.165, 1.54) is 4.90 Å². The molecule has 2 rings (SSSR count). The predicted molar refractivity (Wildman–Crippen MR) is 38.7 cm³/mol. The summed E-state index contributed by atoms with van der Waals surface area (Å²) in [5, 5.41) is 0. The fraction of sp³-hybridized carbons (Fsp3) is 0.750. The fourth-order valence-electron chi connectivity index (χ4n) is 1.43. The molecule has 0 aromatic heterocycles. The Labute approximate surface area is 65.4 Å². The SMILES string of the molecule is O=C1CCCN1C(=O)C1CC1. The minimum absolute atomic E-state index is 0.0295. The van der Waals surface area contributed by atoms with E-state index in [1.807, 2.05) is 0 Å². The second-order valence-electron chi connectivity index (χ2n) is 3.26. The lowest BCUT2D eigenvalue weighted by Crippen LogP contribution is -2.32. The normalized spacial score (nSPS) is 24.4. The molecule has 2 amide bonds. The molecule has 3 heteroatoms. The number of amides is 2. The second kappa shape index (κ2) is 2.32. The molecule has 60 valence electrons. The van der Waals surface area contributed by atoms with E-state index in [2.05, 4.69) is 0 Å². The van der Waals surface area contributed by atoms with Crippen molar-refractivity contribution in [3.8, 4) is 0 Å². The van der Waals surface area contributed by atoms with Gasteiger partial charge >= 0.3 is 0 Å². The second-order valence-corrected chi connectivity index (χ2v) is 3.26. The van der Waals surface area contributed by atoms with Crippen LogP contribution in [-0.2, 0) is 9.59 Å². The summed E-state index contributed by atoms with van der Waals surface area (Å²) in [5.74, 6) is 0.298. The van der Waals surface area contributed by atoms with Gasteiger partial charge in [0, 0.05) is 18.9 Å². The molecule has 0 bridgehead atoms. The van der Waals surface area contributed by atoms with Crippen LogP contribution in [0.3, 0.4) is 0 Å². The van der Waals surface area contributed by atoms with Crippen LogP contribution in [0.5, 0.6) is 0 Å². The molecule has 1 saturated heterocycles. The molecule has 1 aliphatic heterocycles. The van der Waals surface area contributed by atoms with Crippen LogP contribution >= 0.6 is 0 Å². The minimum Gasteiger partial charge on any atom is -0.282 e. The predicted octanol–water partition coefficient (Wildman–Crippen LogP) is 0.545. The molecule has 0 atom stereocenters. The van der Waals surface area contributed by atoms with Crippen LogP contribution in [0.25, 0.3) is 0 Å². The Morgan fingerprint density at radius 3 is 2.64 bits per heavy atom. The third-order valence-electron chi connectivity index (χ3n) is 2.27. The molecule has 1 saturated carbocycles. The van der Waals surface area contributed by atoms with Gasteiger partial charge in [0.2, 0.25) is 11.8 Å². The van der Waals surface area contributed by atoms with Gasteiger partial charge in [-0.05, 0) is 19.3 Å².